The van der Waals surface area contributed by atoms with Crippen LogP contribution in [0.2, 0.25) is 0 Å². The lowest BCUT2D eigenvalue weighted by atomic mass is 10.0. The normalized spacial score (nSPS) is 27.8. The Bertz CT molecular complexity index is 108. The van der Waals surface area contributed by atoms with Crippen LogP contribution in [0.1, 0.15) is 12.8 Å². The third-order valence-electron chi connectivity index (χ3n) is 1.76. The Morgan fingerprint density at radius 2 is 2.44 bits per heavy atom. The second-order valence-electron chi connectivity index (χ2n) is 2.49. The molecule has 0 amide bonds. The number of nitrogens with two attached hydrogens (primary N) is 1. The summed E-state index contributed by atoms with van der Waals surface area (Å²) in [5.74, 6) is -0.718. The van der Waals surface area contributed by atoms with Crippen LogP contribution in [0.25, 0.3) is 0 Å². The summed E-state index contributed by atoms with van der Waals surface area (Å²) in [6.07, 6.45) is 1.92. The SMILES string of the molecule is O=C(O)[C@H]1CCC[NH2+]C1. The zero-order chi connectivity index (χ0) is 6.69. The number of hydrogen-bond acceptors (Lipinski definition) is 1. The van der Waals surface area contributed by atoms with Crippen molar-refractivity contribution >= 4 is 5.97 Å². The molecule has 3 nitrogen and oxygen atoms in total. The zero-order valence-corrected chi connectivity index (χ0v) is 5.34. The van der Waals surface area contributed by atoms with Crippen LogP contribution in [-0.2, 0) is 4.79 Å². The monoisotopic (exact) mass is 130 g/mol. The first kappa shape index (κ1) is 6.55. The number of hydrogen-bond donors (Lipinski definition) is 2. The van der Waals surface area contributed by atoms with E-state index in [1.165, 1.54) is 0 Å². The molecule has 9 heavy (non-hydrogen) atoms. The van der Waals surface area contributed by atoms with Gasteiger partial charge in [-0.3, -0.25) is 4.79 Å². The molecule has 0 bridgehead atoms. The molecule has 3 N–H and O–H groups in total. The van der Waals surface area contributed by atoms with E-state index in [0.29, 0.717) is 0 Å². The quantitative estimate of drug-likeness (QED) is 0.480. The van der Waals surface area contributed by atoms with Crippen molar-refractivity contribution in [3.63, 3.8) is 0 Å². The number of rotatable bonds is 1. The molecule has 1 fully saturated rings. The third kappa shape index (κ3) is 1.68. The van der Waals surface area contributed by atoms with E-state index in [4.69, 9.17) is 5.11 Å². The average molecular weight is 130 g/mol. The van der Waals surface area contributed by atoms with E-state index in [-0.39, 0.29) is 5.92 Å². The van der Waals surface area contributed by atoms with Crippen molar-refractivity contribution in [2.75, 3.05) is 13.1 Å². The van der Waals surface area contributed by atoms with E-state index >= 15 is 0 Å². The van der Waals surface area contributed by atoms with E-state index in [1.54, 1.807) is 0 Å². The molecule has 0 aromatic rings. The fraction of sp³-hybridized carbons (Fsp3) is 0.833. The molecular formula is C6H12NO2+. The van der Waals surface area contributed by atoms with Crippen LogP contribution < -0.4 is 5.32 Å². The minimum absolute atomic E-state index is 0.0845. The standard InChI is InChI=1S/C6H11NO2/c8-6(9)5-2-1-3-7-4-5/h5,7H,1-4H2,(H,8,9)/p+1/t5-/m0/s1. The topological polar surface area (TPSA) is 53.9 Å². The zero-order valence-electron chi connectivity index (χ0n) is 5.34. The number of carboxylic acid groups (broad SMARTS) is 1. The Morgan fingerprint density at radius 3 is 2.78 bits per heavy atom. The van der Waals surface area contributed by atoms with Gasteiger partial charge in [-0.05, 0) is 12.8 Å². The maximum atomic E-state index is 10.3. The van der Waals surface area contributed by atoms with E-state index in [0.717, 1.165) is 25.9 Å². The predicted octanol–water partition coefficient (Wildman–Crippen LogP) is -0.956. The second kappa shape index (κ2) is 2.82. The summed E-state index contributed by atoms with van der Waals surface area (Å²) in [6.45, 7) is 1.87. The molecule has 1 heterocycles. The van der Waals surface area contributed by atoms with Gasteiger partial charge in [0.15, 0.2) is 0 Å². The Balaban J connectivity index is 2.31. The summed E-state index contributed by atoms with van der Waals surface area (Å²) in [7, 11) is 0. The van der Waals surface area contributed by atoms with Gasteiger partial charge in [-0.25, -0.2) is 0 Å². The molecule has 0 saturated carbocycles. The fourth-order valence-electron chi connectivity index (χ4n) is 1.17. The van der Waals surface area contributed by atoms with Crippen molar-refractivity contribution in [1.82, 2.24) is 0 Å². The van der Waals surface area contributed by atoms with Crippen LogP contribution in [-0.4, -0.2) is 24.2 Å². The first-order valence-corrected chi connectivity index (χ1v) is 3.35. The largest absolute Gasteiger partial charge is 0.481 e. The van der Waals surface area contributed by atoms with Crippen LogP contribution in [0.3, 0.4) is 0 Å². The number of carbonyl (C=O) groups is 1. The highest BCUT2D eigenvalue weighted by molar-refractivity contribution is 5.70. The molecule has 0 unspecified atom stereocenters. The number of quaternary nitrogens is 1. The summed E-state index contributed by atoms with van der Waals surface area (Å²) in [5.41, 5.74) is 0. The lowest BCUT2D eigenvalue weighted by Crippen LogP contribution is -2.87. The first-order chi connectivity index (χ1) is 4.30. The van der Waals surface area contributed by atoms with Crippen LogP contribution in [0, 0.1) is 5.92 Å². The summed E-state index contributed by atoms with van der Waals surface area (Å²) in [5, 5.41) is 10.6. The van der Waals surface area contributed by atoms with Crippen LogP contribution in [0.4, 0.5) is 0 Å². The van der Waals surface area contributed by atoms with Gasteiger partial charge >= 0.3 is 5.97 Å². The first-order valence-electron chi connectivity index (χ1n) is 3.35. The van der Waals surface area contributed by atoms with E-state index in [9.17, 15) is 4.79 Å². The second-order valence-corrected chi connectivity index (χ2v) is 2.49. The highest BCUT2D eigenvalue weighted by Crippen LogP contribution is 2.05. The van der Waals surface area contributed by atoms with Crippen molar-refractivity contribution in [1.29, 1.82) is 0 Å². The third-order valence-corrected chi connectivity index (χ3v) is 1.76. The number of carboxylic acids is 1. The van der Waals surface area contributed by atoms with Crippen molar-refractivity contribution < 1.29 is 15.2 Å². The lowest BCUT2D eigenvalue weighted by molar-refractivity contribution is -0.666. The summed E-state index contributed by atoms with van der Waals surface area (Å²) in [4.78, 5) is 10.3. The van der Waals surface area contributed by atoms with Gasteiger partial charge < -0.3 is 10.4 Å². The van der Waals surface area contributed by atoms with Gasteiger partial charge in [0.05, 0.1) is 13.1 Å². The molecule has 0 spiro atoms. The fourth-order valence-corrected chi connectivity index (χ4v) is 1.17. The van der Waals surface area contributed by atoms with Gasteiger partial charge in [-0.15, -0.1) is 0 Å². The minimum atomic E-state index is -0.633. The highest BCUT2D eigenvalue weighted by atomic mass is 16.4. The molecule has 1 saturated heterocycles. The van der Waals surface area contributed by atoms with Crippen molar-refractivity contribution in [3.8, 4) is 0 Å². The molecule has 0 radical (unpaired) electrons. The summed E-state index contributed by atoms with van der Waals surface area (Å²) < 4.78 is 0. The molecule has 1 aliphatic heterocycles. The maximum absolute atomic E-state index is 10.3. The van der Waals surface area contributed by atoms with E-state index < -0.39 is 5.97 Å². The molecule has 0 aromatic carbocycles. The Hall–Kier alpha value is -0.570. The van der Waals surface area contributed by atoms with Crippen LogP contribution >= 0.6 is 0 Å². The van der Waals surface area contributed by atoms with Gasteiger partial charge in [0.2, 0.25) is 0 Å². The van der Waals surface area contributed by atoms with Gasteiger partial charge in [-0.2, -0.15) is 0 Å². The van der Waals surface area contributed by atoms with Crippen LogP contribution in [0.15, 0.2) is 0 Å². The Labute approximate surface area is 54.1 Å². The van der Waals surface area contributed by atoms with Crippen molar-refractivity contribution in [2.45, 2.75) is 12.8 Å². The molecule has 0 aromatic heterocycles. The van der Waals surface area contributed by atoms with Gasteiger partial charge in [0.25, 0.3) is 0 Å². The predicted molar refractivity (Wildman–Crippen MR) is 32.0 cm³/mol. The molecule has 1 aliphatic rings. The molecule has 1 atom stereocenters. The number of aliphatic carboxylic acids is 1. The minimum Gasteiger partial charge on any atom is -0.481 e. The van der Waals surface area contributed by atoms with Crippen molar-refractivity contribution in [2.24, 2.45) is 5.92 Å². The highest BCUT2D eigenvalue weighted by Gasteiger charge is 2.21. The van der Waals surface area contributed by atoms with Gasteiger partial charge in [0, 0.05) is 0 Å². The molecule has 3 heteroatoms. The maximum Gasteiger partial charge on any atom is 0.312 e. The van der Waals surface area contributed by atoms with Crippen molar-refractivity contribution in [3.05, 3.63) is 0 Å². The van der Waals surface area contributed by atoms with E-state index in [1.807, 2.05) is 0 Å². The van der Waals surface area contributed by atoms with Gasteiger partial charge in [-0.1, -0.05) is 0 Å². The summed E-state index contributed by atoms with van der Waals surface area (Å²) in [6, 6.07) is 0. The Kier molecular flexibility index (Phi) is 2.05. The molecule has 52 valence electrons. The molecule has 0 aliphatic carbocycles. The van der Waals surface area contributed by atoms with Gasteiger partial charge in [0.1, 0.15) is 5.92 Å². The summed E-state index contributed by atoms with van der Waals surface area (Å²) >= 11 is 0. The molecular weight excluding hydrogens is 118 g/mol. The smallest absolute Gasteiger partial charge is 0.312 e. The number of piperidine rings is 1. The van der Waals surface area contributed by atoms with Crippen LogP contribution in [0.5, 0.6) is 0 Å². The molecule has 1 rings (SSSR count). The average Bonchev–Trinajstić information content (AvgIpc) is 1.90. The lowest BCUT2D eigenvalue weighted by Gasteiger charge is -2.15. The van der Waals surface area contributed by atoms with E-state index in [2.05, 4.69) is 5.32 Å². The Morgan fingerprint density at radius 1 is 1.67 bits per heavy atom.